The number of benzene rings is 2. The van der Waals surface area contributed by atoms with Crippen molar-refractivity contribution in [3.8, 4) is 11.3 Å². The number of hydrogen-bond acceptors (Lipinski definition) is 3. The Hall–Kier alpha value is -2.47. The Morgan fingerprint density at radius 3 is 2.38 bits per heavy atom. The molecule has 2 N–H and O–H groups in total. The molecular formula is C18H10Cl3NO4. The number of rotatable bonds is 4. The number of halogens is 3. The van der Waals surface area contributed by atoms with Crippen LogP contribution >= 0.6 is 34.8 Å². The largest absolute Gasteiger partial charge is 0.478 e. The maximum absolute atomic E-state index is 12.3. The van der Waals surface area contributed by atoms with Gasteiger partial charge in [0.25, 0.3) is 5.91 Å². The summed E-state index contributed by atoms with van der Waals surface area (Å²) in [6, 6.07) is 12.1. The van der Waals surface area contributed by atoms with Crippen molar-refractivity contribution in [3.63, 3.8) is 0 Å². The molecule has 0 saturated carbocycles. The smallest absolute Gasteiger partial charge is 0.337 e. The molecule has 0 unspecified atom stereocenters. The average Bonchev–Trinajstić information content (AvgIpc) is 3.08. The number of hydrogen-bond donors (Lipinski definition) is 2. The summed E-state index contributed by atoms with van der Waals surface area (Å²) in [6.45, 7) is 0. The van der Waals surface area contributed by atoms with Crippen LogP contribution in [0.25, 0.3) is 11.3 Å². The minimum atomic E-state index is -1.19. The van der Waals surface area contributed by atoms with Crippen LogP contribution in [0.3, 0.4) is 0 Å². The molecule has 0 aliphatic heterocycles. The number of carbonyl (C=O) groups excluding carboxylic acids is 1. The highest BCUT2D eigenvalue weighted by Crippen LogP contribution is 2.32. The van der Waals surface area contributed by atoms with E-state index in [9.17, 15) is 9.59 Å². The number of carboxylic acids is 1. The molecule has 0 bridgehead atoms. The molecule has 132 valence electrons. The third-order valence-electron chi connectivity index (χ3n) is 3.48. The number of aromatic carboxylic acids is 1. The Kier molecular flexibility index (Phi) is 5.23. The molecule has 0 spiro atoms. The first kappa shape index (κ1) is 18.3. The number of carboxylic acid groups (broad SMARTS) is 1. The van der Waals surface area contributed by atoms with Gasteiger partial charge >= 0.3 is 5.97 Å². The van der Waals surface area contributed by atoms with Crippen LogP contribution in [-0.4, -0.2) is 17.0 Å². The Bertz CT molecular complexity index is 1010. The predicted octanol–water partition coefficient (Wildman–Crippen LogP) is 5.86. The predicted molar refractivity (Wildman–Crippen MR) is 101 cm³/mol. The Morgan fingerprint density at radius 2 is 1.65 bits per heavy atom. The molecule has 26 heavy (non-hydrogen) atoms. The SMILES string of the molecule is O=C(Nc1ccc(Cl)c(C(=O)O)c1)c1ccc(-c2cc(Cl)ccc2Cl)o1. The van der Waals surface area contributed by atoms with Gasteiger partial charge in [-0.15, -0.1) is 0 Å². The van der Waals surface area contributed by atoms with Crippen LogP contribution in [0.5, 0.6) is 0 Å². The zero-order valence-electron chi connectivity index (χ0n) is 12.9. The molecule has 1 amide bonds. The summed E-state index contributed by atoms with van der Waals surface area (Å²) in [4.78, 5) is 23.4. The summed E-state index contributed by atoms with van der Waals surface area (Å²) < 4.78 is 5.54. The van der Waals surface area contributed by atoms with Crippen LogP contribution in [0, 0.1) is 0 Å². The van der Waals surface area contributed by atoms with Gasteiger partial charge in [-0.25, -0.2) is 4.79 Å². The number of carbonyl (C=O) groups is 2. The molecule has 8 heteroatoms. The van der Waals surface area contributed by atoms with Crippen molar-refractivity contribution in [2.75, 3.05) is 5.32 Å². The molecule has 0 aliphatic carbocycles. The van der Waals surface area contributed by atoms with Crippen LogP contribution < -0.4 is 5.32 Å². The van der Waals surface area contributed by atoms with Gasteiger partial charge in [0.15, 0.2) is 5.76 Å². The van der Waals surface area contributed by atoms with Crippen LogP contribution in [0.15, 0.2) is 52.9 Å². The van der Waals surface area contributed by atoms with Crippen molar-refractivity contribution >= 4 is 52.4 Å². The molecule has 1 heterocycles. The van der Waals surface area contributed by atoms with Crippen molar-refractivity contribution in [1.82, 2.24) is 0 Å². The van der Waals surface area contributed by atoms with Gasteiger partial charge in [-0.1, -0.05) is 34.8 Å². The summed E-state index contributed by atoms with van der Waals surface area (Å²) in [5, 5.41) is 12.6. The maximum Gasteiger partial charge on any atom is 0.337 e. The van der Waals surface area contributed by atoms with E-state index in [2.05, 4.69) is 5.32 Å². The molecule has 0 radical (unpaired) electrons. The zero-order chi connectivity index (χ0) is 18.8. The van der Waals surface area contributed by atoms with Gasteiger partial charge in [0.05, 0.1) is 15.6 Å². The number of furan rings is 1. The standard InChI is InChI=1S/C18H10Cl3NO4/c19-9-1-3-13(20)11(7-9)15-5-6-16(26-15)17(23)22-10-2-4-14(21)12(8-10)18(24)25/h1-8H,(H,22,23)(H,24,25). The molecule has 0 saturated heterocycles. The number of anilines is 1. The highest BCUT2D eigenvalue weighted by molar-refractivity contribution is 6.35. The quantitative estimate of drug-likeness (QED) is 0.565. The molecule has 1 aromatic heterocycles. The van der Waals surface area contributed by atoms with E-state index < -0.39 is 11.9 Å². The van der Waals surface area contributed by atoms with Crippen LogP contribution in [0.2, 0.25) is 15.1 Å². The molecule has 0 atom stereocenters. The van der Waals surface area contributed by atoms with Crippen molar-refractivity contribution in [2.45, 2.75) is 0 Å². The summed E-state index contributed by atoms with van der Waals surface area (Å²) in [6.07, 6.45) is 0. The summed E-state index contributed by atoms with van der Waals surface area (Å²) in [5.41, 5.74) is 0.712. The topological polar surface area (TPSA) is 79.5 Å². The van der Waals surface area contributed by atoms with Gasteiger partial charge in [0.1, 0.15) is 5.76 Å². The van der Waals surface area contributed by atoms with Crippen molar-refractivity contribution in [1.29, 1.82) is 0 Å². The monoisotopic (exact) mass is 409 g/mol. The fourth-order valence-corrected chi connectivity index (χ4v) is 2.83. The second kappa shape index (κ2) is 7.41. The van der Waals surface area contributed by atoms with Gasteiger partial charge in [-0.3, -0.25) is 4.79 Å². The van der Waals surface area contributed by atoms with Crippen LogP contribution in [0.1, 0.15) is 20.9 Å². The van der Waals surface area contributed by atoms with Gasteiger partial charge < -0.3 is 14.8 Å². The fraction of sp³-hybridized carbons (Fsp3) is 0. The van der Waals surface area contributed by atoms with Crippen molar-refractivity contribution in [2.24, 2.45) is 0 Å². The van der Waals surface area contributed by atoms with E-state index in [1.54, 1.807) is 24.3 Å². The Morgan fingerprint density at radius 1 is 0.923 bits per heavy atom. The molecule has 0 fully saturated rings. The normalized spacial score (nSPS) is 10.6. The van der Waals surface area contributed by atoms with E-state index >= 15 is 0 Å². The minimum Gasteiger partial charge on any atom is -0.478 e. The zero-order valence-corrected chi connectivity index (χ0v) is 15.2. The molecular weight excluding hydrogens is 401 g/mol. The lowest BCUT2D eigenvalue weighted by atomic mass is 10.2. The number of amides is 1. The van der Waals surface area contributed by atoms with Crippen molar-refractivity contribution < 1.29 is 19.1 Å². The Balaban J connectivity index is 1.84. The molecule has 2 aromatic carbocycles. The van der Waals surface area contributed by atoms with Crippen molar-refractivity contribution in [3.05, 3.63) is 74.9 Å². The number of nitrogens with one attached hydrogen (secondary N) is 1. The lowest BCUT2D eigenvalue weighted by molar-refractivity contribution is 0.0696. The van der Waals surface area contributed by atoms with E-state index in [4.69, 9.17) is 44.3 Å². The highest BCUT2D eigenvalue weighted by atomic mass is 35.5. The highest BCUT2D eigenvalue weighted by Gasteiger charge is 2.16. The lowest BCUT2D eigenvalue weighted by Gasteiger charge is -2.06. The first-order valence-corrected chi connectivity index (χ1v) is 8.38. The molecule has 3 rings (SSSR count). The first-order chi connectivity index (χ1) is 12.3. The van der Waals surface area contributed by atoms with E-state index in [1.165, 1.54) is 24.3 Å². The summed E-state index contributed by atoms with van der Waals surface area (Å²) >= 11 is 17.9. The maximum atomic E-state index is 12.3. The fourth-order valence-electron chi connectivity index (χ4n) is 2.25. The van der Waals surface area contributed by atoms with Gasteiger partial charge in [-0.05, 0) is 48.5 Å². The van der Waals surface area contributed by atoms with E-state index in [1.807, 2.05) is 0 Å². The van der Waals surface area contributed by atoms with Gasteiger partial charge in [0, 0.05) is 16.3 Å². The third kappa shape index (κ3) is 3.85. The van der Waals surface area contributed by atoms with Crippen LogP contribution in [-0.2, 0) is 0 Å². The first-order valence-electron chi connectivity index (χ1n) is 7.24. The second-order valence-corrected chi connectivity index (χ2v) is 6.49. The van der Waals surface area contributed by atoms with Gasteiger partial charge in [-0.2, -0.15) is 0 Å². The molecule has 0 aliphatic rings. The summed E-state index contributed by atoms with van der Waals surface area (Å²) in [7, 11) is 0. The lowest BCUT2D eigenvalue weighted by Crippen LogP contribution is -2.11. The van der Waals surface area contributed by atoms with E-state index in [0.29, 0.717) is 21.4 Å². The van der Waals surface area contributed by atoms with E-state index in [0.717, 1.165) is 0 Å². The van der Waals surface area contributed by atoms with Gasteiger partial charge in [0.2, 0.25) is 0 Å². The Labute approximate surface area is 163 Å². The van der Waals surface area contributed by atoms with E-state index in [-0.39, 0.29) is 22.0 Å². The third-order valence-corrected chi connectivity index (χ3v) is 4.37. The molecule has 5 nitrogen and oxygen atoms in total. The molecule has 3 aromatic rings. The van der Waals surface area contributed by atoms with Crippen LogP contribution in [0.4, 0.5) is 5.69 Å². The average molecular weight is 411 g/mol. The summed E-state index contributed by atoms with van der Waals surface area (Å²) in [5.74, 6) is -1.33. The second-order valence-electron chi connectivity index (χ2n) is 5.24. The minimum absolute atomic E-state index is 0.0304.